The van der Waals surface area contributed by atoms with E-state index in [1.54, 1.807) is 0 Å². The van der Waals surface area contributed by atoms with E-state index in [9.17, 15) is 0 Å². The van der Waals surface area contributed by atoms with Gasteiger partial charge in [-0.3, -0.25) is 0 Å². The van der Waals surface area contributed by atoms with Gasteiger partial charge < -0.3 is 10.1 Å². The minimum Gasteiger partial charge on any atom is -0.489 e. The molecule has 0 aliphatic carbocycles. The predicted molar refractivity (Wildman–Crippen MR) is 72.3 cm³/mol. The highest BCUT2D eigenvalue weighted by Crippen LogP contribution is 2.15. The molecule has 0 aromatic heterocycles. The zero-order valence-corrected chi connectivity index (χ0v) is 11.1. The summed E-state index contributed by atoms with van der Waals surface area (Å²) >= 11 is 2.27. The number of hydrogen-bond acceptors (Lipinski definition) is 2. The maximum absolute atomic E-state index is 5.60. The van der Waals surface area contributed by atoms with Crippen LogP contribution in [0.4, 0.5) is 0 Å². The summed E-state index contributed by atoms with van der Waals surface area (Å²) in [6.45, 7) is 8.37. The lowest BCUT2D eigenvalue weighted by molar-refractivity contribution is 0.348. The highest BCUT2D eigenvalue weighted by molar-refractivity contribution is 14.1. The van der Waals surface area contributed by atoms with Crippen molar-refractivity contribution in [1.29, 1.82) is 0 Å². The van der Waals surface area contributed by atoms with Gasteiger partial charge >= 0.3 is 0 Å². The van der Waals surface area contributed by atoms with Crippen molar-refractivity contribution in [3.8, 4) is 5.75 Å². The van der Waals surface area contributed by atoms with Gasteiger partial charge in [-0.05, 0) is 52.9 Å². The monoisotopic (exact) mass is 317 g/mol. The standard InChI is InChI=1S/C12H16INO/c1-3-14-8-10(2)9-15-12-6-4-5-11(13)7-12/h4-7,14H,2-3,8-9H2,1H3. The molecule has 1 rings (SSSR count). The van der Waals surface area contributed by atoms with Crippen LogP contribution in [0, 0.1) is 3.57 Å². The smallest absolute Gasteiger partial charge is 0.120 e. The summed E-state index contributed by atoms with van der Waals surface area (Å²) in [5.74, 6) is 0.902. The second-order valence-electron chi connectivity index (χ2n) is 3.28. The quantitative estimate of drug-likeness (QED) is 0.643. The molecule has 1 aromatic rings. The fraction of sp³-hybridized carbons (Fsp3) is 0.333. The fourth-order valence-electron chi connectivity index (χ4n) is 1.09. The number of halogens is 1. The van der Waals surface area contributed by atoms with Crippen LogP contribution in [0.5, 0.6) is 5.75 Å². The van der Waals surface area contributed by atoms with Gasteiger partial charge in [0.25, 0.3) is 0 Å². The second kappa shape index (κ2) is 6.85. The van der Waals surface area contributed by atoms with Gasteiger partial charge in [-0.15, -0.1) is 0 Å². The summed E-state index contributed by atoms with van der Waals surface area (Å²) in [6, 6.07) is 8.01. The molecule has 0 atom stereocenters. The highest BCUT2D eigenvalue weighted by atomic mass is 127. The van der Waals surface area contributed by atoms with E-state index < -0.39 is 0 Å². The van der Waals surface area contributed by atoms with Crippen molar-refractivity contribution in [3.05, 3.63) is 40.0 Å². The van der Waals surface area contributed by atoms with E-state index in [0.29, 0.717) is 6.61 Å². The van der Waals surface area contributed by atoms with Crippen LogP contribution in [0.25, 0.3) is 0 Å². The van der Waals surface area contributed by atoms with E-state index in [4.69, 9.17) is 4.74 Å². The van der Waals surface area contributed by atoms with Gasteiger partial charge in [0.05, 0.1) is 0 Å². The van der Waals surface area contributed by atoms with Crippen molar-refractivity contribution in [3.63, 3.8) is 0 Å². The minimum absolute atomic E-state index is 0.576. The molecule has 0 fully saturated rings. The van der Waals surface area contributed by atoms with Gasteiger partial charge in [0.2, 0.25) is 0 Å². The SMILES string of the molecule is C=C(CNCC)COc1cccc(I)c1. The first-order valence-corrected chi connectivity index (χ1v) is 6.06. The predicted octanol–water partition coefficient (Wildman–Crippen LogP) is 2.84. The van der Waals surface area contributed by atoms with Gasteiger partial charge in [-0.1, -0.05) is 19.6 Å². The summed E-state index contributed by atoms with van der Waals surface area (Å²) in [7, 11) is 0. The lowest BCUT2D eigenvalue weighted by Gasteiger charge is -2.09. The van der Waals surface area contributed by atoms with Crippen molar-refractivity contribution < 1.29 is 4.74 Å². The number of ether oxygens (including phenoxy) is 1. The summed E-state index contributed by atoms with van der Waals surface area (Å²) < 4.78 is 6.78. The highest BCUT2D eigenvalue weighted by Gasteiger charge is 1.97. The molecule has 0 aliphatic rings. The lowest BCUT2D eigenvalue weighted by Crippen LogP contribution is -2.18. The van der Waals surface area contributed by atoms with Crippen molar-refractivity contribution in [2.75, 3.05) is 19.7 Å². The van der Waals surface area contributed by atoms with Crippen LogP contribution in [0.3, 0.4) is 0 Å². The van der Waals surface area contributed by atoms with Crippen molar-refractivity contribution in [1.82, 2.24) is 5.32 Å². The fourth-order valence-corrected chi connectivity index (χ4v) is 1.61. The van der Waals surface area contributed by atoms with Crippen molar-refractivity contribution in [2.24, 2.45) is 0 Å². The molecule has 0 spiro atoms. The Morgan fingerprint density at radius 1 is 1.53 bits per heavy atom. The van der Waals surface area contributed by atoms with Gasteiger partial charge in [0.1, 0.15) is 12.4 Å². The molecule has 3 heteroatoms. The van der Waals surface area contributed by atoms with Crippen LogP contribution in [0.2, 0.25) is 0 Å². The van der Waals surface area contributed by atoms with Crippen LogP contribution >= 0.6 is 22.6 Å². The van der Waals surface area contributed by atoms with Crippen LogP contribution in [-0.4, -0.2) is 19.7 Å². The van der Waals surface area contributed by atoms with E-state index >= 15 is 0 Å². The van der Waals surface area contributed by atoms with E-state index in [1.165, 1.54) is 3.57 Å². The molecule has 0 amide bonds. The molecule has 0 saturated heterocycles. The third-order valence-electron chi connectivity index (χ3n) is 1.86. The molecule has 0 aliphatic heterocycles. The third-order valence-corrected chi connectivity index (χ3v) is 2.54. The van der Waals surface area contributed by atoms with Crippen LogP contribution in [0.1, 0.15) is 6.92 Å². The largest absolute Gasteiger partial charge is 0.489 e. The third kappa shape index (κ3) is 5.18. The Balaban J connectivity index is 2.33. The Morgan fingerprint density at radius 2 is 2.33 bits per heavy atom. The maximum atomic E-state index is 5.60. The number of benzene rings is 1. The molecular formula is C12H16INO. The van der Waals surface area contributed by atoms with Crippen LogP contribution in [-0.2, 0) is 0 Å². The number of likely N-dealkylation sites (N-methyl/N-ethyl adjacent to an activating group) is 1. The topological polar surface area (TPSA) is 21.3 Å². The summed E-state index contributed by atoms with van der Waals surface area (Å²) in [5.41, 5.74) is 1.07. The Labute approximate surface area is 105 Å². The molecule has 0 saturated carbocycles. The maximum Gasteiger partial charge on any atom is 0.120 e. The number of nitrogens with one attached hydrogen (secondary N) is 1. The molecule has 2 nitrogen and oxygen atoms in total. The molecular weight excluding hydrogens is 301 g/mol. The van der Waals surface area contributed by atoms with Crippen LogP contribution < -0.4 is 10.1 Å². The molecule has 1 aromatic carbocycles. The summed E-state index contributed by atoms with van der Waals surface area (Å²) in [5, 5.41) is 3.21. The molecule has 0 unspecified atom stereocenters. The normalized spacial score (nSPS) is 10.0. The van der Waals surface area contributed by atoms with E-state index in [0.717, 1.165) is 24.4 Å². The minimum atomic E-state index is 0.576. The van der Waals surface area contributed by atoms with Crippen molar-refractivity contribution in [2.45, 2.75) is 6.92 Å². The molecule has 15 heavy (non-hydrogen) atoms. The van der Waals surface area contributed by atoms with Gasteiger partial charge in [-0.2, -0.15) is 0 Å². The Morgan fingerprint density at radius 3 is 3.00 bits per heavy atom. The van der Waals surface area contributed by atoms with Gasteiger partial charge in [0, 0.05) is 10.1 Å². The lowest BCUT2D eigenvalue weighted by atomic mass is 10.3. The zero-order valence-electron chi connectivity index (χ0n) is 8.92. The Kier molecular flexibility index (Phi) is 5.71. The average Bonchev–Trinajstić information content (AvgIpc) is 2.23. The van der Waals surface area contributed by atoms with E-state index in [-0.39, 0.29) is 0 Å². The van der Waals surface area contributed by atoms with E-state index in [1.807, 2.05) is 24.3 Å². The van der Waals surface area contributed by atoms with Gasteiger partial charge in [-0.25, -0.2) is 0 Å². The van der Waals surface area contributed by atoms with Gasteiger partial charge in [0.15, 0.2) is 0 Å². The molecule has 82 valence electrons. The Hall–Kier alpha value is -0.550. The zero-order chi connectivity index (χ0) is 11.1. The summed E-state index contributed by atoms with van der Waals surface area (Å²) in [4.78, 5) is 0. The first kappa shape index (κ1) is 12.5. The first-order valence-electron chi connectivity index (χ1n) is 4.98. The average molecular weight is 317 g/mol. The molecule has 1 N–H and O–H groups in total. The van der Waals surface area contributed by atoms with Crippen molar-refractivity contribution >= 4 is 22.6 Å². The first-order chi connectivity index (χ1) is 7.22. The van der Waals surface area contributed by atoms with Crippen LogP contribution in [0.15, 0.2) is 36.4 Å². The summed E-state index contributed by atoms with van der Waals surface area (Å²) in [6.07, 6.45) is 0. The number of hydrogen-bond donors (Lipinski definition) is 1. The Bertz CT molecular complexity index is 325. The molecule has 0 radical (unpaired) electrons. The molecule has 0 heterocycles. The van der Waals surface area contributed by atoms with E-state index in [2.05, 4.69) is 41.4 Å². The second-order valence-corrected chi connectivity index (χ2v) is 4.52. The number of rotatable bonds is 6. The molecule has 0 bridgehead atoms.